The molecule has 3 N–H and O–H groups in total. The Morgan fingerprint density at radius 3 is 2.16 bits per heavy atom. The van der Waals surface area contributed by atoms with E-state index in [1.165, 1.54) is 18.7 Å². The summed E-state index contributed by atoms with van der Waals surface area (Å²) in [5, 5.41) is 25.8. The lowest BCUT2D eigenvalue weighted by Crippen LogP contribution is -2.53. The number of fused-ring (bicyclic) bond motifs is 3. The molecule has 0 saturated heterocycles. The van der Waals surface area contributed by atoms with Crippen LogP contribution in [0.5, 0.6) is 0 Å². The number of hydrogen-bond donors (Lipinski definition) is 3. The molecule has 3 aliphatic rings. The topological polar surface area (TPSA) is 112 Å². The molecule has 8 nitrogen and oxygen atoms in total. The van der Waals surface area contributed by atoms with Crippen molar-refractivity contribution in [3.8, 4) is 11.1 Å². The fourth-order valence-electron chi connectivity index (χ4n) is 6.41. The Morgan fingerprint density at radius 1 is 0.977 bits per heavy atom. The highest BCUT2D eigenvalue weighted by Crippen LogP contribution is 2.57. The number of amides is 2. The summed E-state index contributed by atoms with van der Waals surface area (Å²) in [5.41, 5.74) is -0.269. The van der Waals surface area contributed by atoms with Gasteiger partial charge in [-0.3, -0.25) is 4.90 Å². The van der Waals surface area contributed by atoms with Gasteiger partial charge in [0.2, 0.25) is 0 Å². The molecule has 238 valence electrons. The number of hydrogen-bond acceptors (Lipinski definition) is 6. The molecule has 1 heterocycles. The van der Waals surface area contributed by atoms with Gasteiger partial charge in [-0.1, -0.05) is 41.6 Å². The van der Waals surface area contributed by atoms with Gasteiger partial charge in [-0.25, -0.2) is 18.0 Å². The summed E-state index contributed by atoms with van der Waals surface area (Å²) >= 11 is 0. The first-order valence-corrected chi connectivity index (χ1v) is 15.1. The van der Waals surface area contributed by atoms with Gasteiger partial charge in [-0.15, -0.1) is 0 Å². The van der Waals surface area contributed by atoms with Crippen LogP contribution in [0, 0.1) is 5.41 Å². The van der Waals surface area contributed by atoms with Gasteiger partial charge in [0.25, 0.3) is 11.8 Å². The lowest BCUT2D eigenvalue weighted by molar-refractivity contribution is -0.0453. The smallest absolute Gasteiger partial charge is 0.322 e. The van der Waals surface area contributed by atoms with Crippen molar-refractivity contribution in [3.63, 3.8) is 0 Å². The number of nitrogens with one attached hydrogen (secondary N) is 1. The van der Waals surface area contributed by atoms with Crippen molar-refractivity contribution >= 4 is 11.7 Å². The first-order chi connectivity index (χ1) is 20.5. The molecule has 0 spiro atoms. The van der Waals surface area contributed by atoms with Gasteiger partial charge in [-0.05, 0) is 100 Å². The fourth-order valence-corrected chi connectivity index (χ4v) is 6.41. The van der Waals surface area contributed by atoms with Crippen LogP contribution in [-0.2, 0) is 16.7 Å². The quantitative estimate of drug-likeness (QED) is 0.237. The van der Waals surface area contributed by atoms with E-state index in [1.807, 2.05) is 42.5 Å². The van der Waals surface area contributed by atoms with E-state index >= 15 is 0 Å². The number of halogens is 3. The van der Waals surface area contributed by atoms with Crippen molar-refractivity contribution < 1.29 is 32.7 Å². The van der Waals surface area contributed by atoms with Crippen LogP contribution < -0.4 is 10.2 Å². The molecule has 11 heteroatoms. The summed E-state index contributed by atoms with van der Waals surface area (Å²) in [5.74, 6) is -2.96. The van der Waals surface area contributed by atoms with E-state index in [9.17, 15) is 23.1 Å². The zero-order valence-corrected chi connectivity index (χ0v) is 25.7. The number of aromatic nitrogens is 2. The number of aliphatic hydroxyl groups is 2. The van der Waals surface area contributed by atoms with Crippen molar-refractivity contribution in [2.24, 2.45) is 5.41 Å². The Labute approximate surface area is 255 Å². The van der Waals surface area contributed by atoms with Gasteiger partial charge in [0.15, 0.2) is 11.5 Å². The Balaban J connectivity index is 1.39. The predicted octanol–water partition coefficient (Wildman–Crippen LogP) is 6.60. The number of anilines is 1. The highest BCUT2D eigenvalue weighted by atomic mass is 19.3. The number of benzene rings is 2. The van der Waals surface area contributed by atoms with E-state index in [0.29, 0.717) is 18.1 Å². The summed E-state index contributed by atoms with van der Waals surface area (Å²) in [6.07, 6.45) is 4.48. The number of carbonyl (C=O) groups excluding carboxylic acids is 1. The Kier molecular flexibility index (Phi) is 8.35. The molecule has 3 saturated carbocycles. The molecule has 0 aliphatic heterocycles. The zero-order chi connectivity index (χ0) is 32.0. The van der Waals surface area contributed by atoms with Crippen LogP contribution in [0.2, 0.25) is 0 Å². The minimum atomic E-state index is -3.45. The van der Waals surface area contributed by atoms with Crippen LogP contribution in [0.3, 0.4) is 0 Å². The fraction of sp³-hybridized carbons (Fsp3) is 0.545. The molecule has 6 rings (SSSR count). The average molecular weight is 615 g/mol. The molecular formula is C33H41F3N4O4. The molecular weight excluding hydrogens is 573 g/mol. The molecule has 44 heavy (non-hydrogen) atoms. The van der Waals surface area contributed by atoms with E-state index in [4.69, 9.17) is 9.63 Å². The first kappa shape index (κ1) is 32.0. The van der Waals surface area contributed by atoms with E-state index in [-0.39, 0.29) is 16.7 Å². The molecule has 3 aliphatic carbocycles. The van der Waals surface area contributed by atoms with Crippen LogP contribution in [0.15, 0.2) is 53.1 Å². The molecule has 0 unspecified atom stereocenters. The van der Waals surface area contributed by atoms with Gasteiger partial charge in [0.05, 0.1) is 12.1 Å². The second-order valence-corrected chi connectivity index (χ2v) is 13.6. The number of carbonyl (C=O) groups is 1. The largest absolute Gasteiger partial charge is 0.390 e. The minimum absolute atomic E-state index is 0.0404. The third kappa shape index (κ3) is 6.63. The second-order valence-electron chi connectivity index (χ2n) is 13.6. The lowest BCUT2D eigenvalue weighted by Gasteiger charge is -2.53. The summed E-state index contributed by atoms with van der Waals surface area (Å²) < 4.78 is 47.5. The lowest BCUT2D eigenvalue weighted by atomic mass is 9.53. The van der Waals surface area contributed by atoms with Gasteiger partial charge in [0.1, 0.15) is 6.61 Å². The van der Waals surface area contributed by atoms with Crippen molar-refractivity contribution in [3.05, 3.63) is 65.8 Å². The monoisotopic (exact) mass is 614 g/mol. The Bertz CT molecular complexity index is 1450. The summed E-state index contributed by atoms with van der Waals surface area (Å²) in [6, 6.07) is 14.2. The molecule has 1 aromatic heterocycles. The molecule has 2 bridgehead atoms. The molecule has 0 atom stereocenters. The average Bonchev–Trinajstić information content (AvgIpc) is 3.52. The number of nitrogens with zero attached hydrogens (tertiary/aromatic N) is 3. The van der Waals surface area contributed by atoms with Gasteiger partial charge >= 0.3 is 6.03 Å². The predicted molar refractivity (Wildman–Crippen MR) is 160 cm³/mol. The maximum absolute atomic E-state index is 14.4. The van der Waals surface area contributed by atoms with Crippen LogP contribution in [0.1, 0.15) is 83.5 Å². The molecule has 2 amide bonds. The molecule has 2 aromatic carbocycles. The van der Waals surface area contributed by atoms with Crippen LogP contribution in [0.4, 0.5) is 23.7 Å². The van der Waals surface area contributed by atoms with Crippen LogP contribution >= 0.6 is 0 Å². The Hall–Kier alpha value is -3.44. The van der Waals surface area contributed by atoms with E-state index in [1.54, 1.807) is 19.9 Å². The molecule has 0 radical (unpaired) electrons. The maximum atomic E-state index is 14.4. The van der Waals surface area contributed by atoms with E-state index < -0.39 is 36.4 Å². The second kappa shape index (κ2) is 11.5. The van der Waals surface area contributed by atoms with Gasteiger partial charge in [0, 0.05) is 17.6 Å². The normalized spacial score (nSPS) is 22.2. The summed E-state index contributed by atoms with van der Waals surface area (Å²) in [7, 11) is 0. The highest BCUT2D eigenvalue weighted by molar-refractivity contribution is 5.93. The third-order valence-electron chi connectivity index (χ3n) is 9.36. The highest BCUT2D eigenvalue weighted by Gasteiger charge is 2.53. The van der Waals surface area contributed by atoms with E-state index in [0.717, 1.165) is 55.2 Å². The molecule has 3 aromatic rings. The third-order valence-corrected chi connectivity index (χ3v) is 9.36. The van der Waals surface area contributed by atoms with Gasteiger partial charge < -0.3 is 20.1 Å². The number of aliphatic hydroxyl groups excluding tert-OH is 1. The zero-order valence-electron chi connectivity index (χ0n) is 25.7. The van der Waals surface area contributed by atoms with Gasteiger partial charge in [-0.2, -0.15) is 4.98 Å². The number of urea groups is 1. The number of alkyl halides is 3. The van der Waals surface area contributed by atoms with Crippen molar-refractivity contribution in [1.82, 2.24) is 15.5 Å². The molecule has 3 fully saturated rings. The van der Waals surface area contributed by atoms with Crippen LogP contribution in [0.25, 0.3) is 11.1 Å². The number of rotatable bonds is 10. The summed E-state index contributed by atoms with van der Waals surface area (Å²) in [6.45, 7) is 4.14. The summed E-state index contributed by atoms with van der Waals surface area (Å²) in [4.78, 5) is 19.5. The first-order valence-electron chi connectivity index (χ1n) is 15.1. The van der Waals surface area contributed by atoms with Crippen molar-refractivity contribution in [2.75, 3.05) is 24.6 Å². The van der Waals surface area contributed by atoms with Crippen molar-refractivity contribution in [1.29, 1.82) is 0 Å². The standard InChI is InChI=1S/C33H41F3N4O4/c1-29(2,34)27-38-26(39-44-27)32-15-12-31(13-16-32,14-17-32)20-40(28(42)37-19-33(35,36)21-41)25-7-5-6-23(18-25)22-8-10-24(11-9-22)30(3,4)43/h5-11,18,41,43H,12-17,19-21H2,1-4H3,(H,37,42). The SMILES string of the molecule is CC(C)(O)c1ccc(-c2cccc(N(CC34CCC(c5noc(C(C)(C)F)n5)(CC3)CC4)C(=O)NCC(F)(F)CO)c2)cc1. The van der Waals surface area contributed by atoms with Crippen molar-refractivity contribution in [2.45, 2.75) is 88.8 Å². The maximum Gasteiger partial charge on any atom is 0.322 e. The Morgan fingerprint density at radius 2 is 1.61 bits per heavy atom. The van der Waals surface area contributed by atoms with E-state index in [2.05, 4.69) is 15.5 Å². The minimum Gasteiger partial charge on any atom is -0.390 e. The van der Waals surface area contributed by atoms with Crippen LogP contribution in [-0.4, -0.2) is 52.0 Å².